The summed E-state index contributed by atoms with van der Waals surface area (Å²) in [5.74, 6) is 0.906. The zero-order valence-electron chi connectivity index (χ0n) is 38.9. The molecule has 3 fully saturated rings. The summed E-state index contributed by atoms with van der Waals surface area (Å²) in [6.07, 6.45) is -7.19. The van der Waals surface area contributed by atoms with Crippen LogP contribution in [0.5, 0.6) is 0 Å². The lowest BCUT2D eigenvalue weighted by Gasteiger charge is -2.52. The zero-order valence-corrected chi connectivity index (χ0v) is 40.5. The highest BCUT2D eigenvalue weighted by Gasteiger charge is 2.56. The van der Waals surface area contributed by atoms with Crippen molar-refractivity contribution in [3.8, 4) is 0 Å². The van der Waals surface area contributed by atoms with Crippen molar-refractivity contribution in [3.63, 3.8) is 0 Å². The summed E-state index contributed by atoms with van der Waals surface area (Å²) in [6, 6.07) is 60.6. The van der Waals surface area contributed by atoms with Crippen LogP contribution in [0.25, 0.3) is 0 Å². The van der Waals surface area contributed by atoms with Gasteiger partial charge in [-0.25, -0.2) is 0 Å². The smallest absolute Gasteiger partial charge is 0.187 e. The van der Waals surface area contributed by atoms with Crippen LogP contribution in [0.15, 0.2) is 187 Å². The third-order valence-corrected chi connectivity index (χ3v) is 14.9. The summed E-state index contributed by atoms with van der Waals surface area (Å²) in [6.45, 7) is 2.70. The lowest BCUT2D eigenvalue weighted by molar-refractivity contribution is -0.378. The summed E-state index contributed by atoms with van der Waals surface area (Å²) in [7, 11) is 0. The molecule has 6 aromatic carbocycles. The quantitative estimate of drug-likeness (QED) is 0.0727. The number of benzene rings is 6. The minimum Gasteiger partial charge on any atom is -0.374 e. The second-order valence-electron chi connectivity index (χ2n) is 17.5. The van der Waals surface area contributed by atoms with E-state index >= 15 is 0 Å². The van der Waals surface area contributed by atoms with Gasteiger partial charge in [-0.1, -0.05) is 206 Å². The van der Waals surface area contributed by atoms with E-state index in [9.17, 15) is 0 Å². The molecule has 10 rings (SSSR count). The van der Waals surface area contributed by atoms with E-state index in [-0.39, 0.29) is 26.4 Å². The molecule has 0 aromatic heterocycles. The topological polar surface area (TPSA) is 105 Å². The van der Waals surface area contributed by atoms with E-state index in [1.165, 1.54) is 0 Å². The molecule has 0 bridgehead atoms. The fourth-order valence-corrected chi connectivity index (χ4v) is 11.3. The number of rotatable bonds is 20. The fourth-order valence-electron chi connectivity index (χ4n) is 9.02. The maximum atomic E-state index is 7.59. The van der Waals surface area contributed by atoms with Gasteiger partial charge in [0.25, 0.3) is 0 Å². The number of fused-ring (bicyclic) bond motifs is 1. The Morgan fingerprint density at radius 2 is 0.986 bits per heavy atom. The molecule has 0 spiro atoms. The van der Waals surface area contributed by atoms with E-state index in [1.54, 1.807) is 23.5 Å². The van der Waals surface area contributed by atoms with Gasteiger partial charge < -0.3 is 47.4 Å². The third-order valence-electron chi connectivity index (χ3n) is 12.5. The summed E-state index contributed by atoms with van der Waals surface area (Å²) in [5, 5.41) is 0. The van der Waals surface area contributed by atoms with Crippen LogP contribution >= 0.6 is 23.5 Å². The van der Waals surface area contributed by atoms with Gasteiger partial charge in [-0.3, -0.25) is 4.99 Å². The Morgan fingerprint density at radius 1 is 0.500 bits per heavy atom. The average Bonchev–Trinajstić information content (AvgIpc) is 3.94. The van der Waals surface area contributed by atoms with Crippen molar-refractivity contribution in [1.82, 2.24) is 0 Å². The molecule has 13 heteroatoms. The van der Waals surface area contributed by atoms with Gasteiger partial charge in [0.1, 0.15) is 58.6 Å². The first-order valence-electron chi connectivity index (χ1n) is 24.1. The normalized spacial score (nSPS) is 27.7. The molecule has 70 heavy (non-hydrogen) atoms. The van der Waals surface area contributed by atoms with Gasteiger partial charge in [0.05, 0.1) is 52.8 Å². The molecular formula is C57H59NO10S2. The highest BCUT2D eigenvalue weighted by atomic mass is 32.2. The predicted octanol–water partition coefficient (Wildman–Crippen LogP) is 10.3. The minimum absolute atomic E-state index is 0.175. The van der Waals surface area contributed by atoms with Crippen LogP contribution in [0.2, 0.25) is 0 Å². The third kappa shape index (κ3) is 13.0. The molecule has 0 amide bonds. The molecule has 11 nitrogen and oxygen atoms in total. The molecule has 11 atom stereocenters. The van der Waals surface area contributed by atoms with E-state index < -0.39 is 66.8 Å². The first kappa shape index (κ1) is 48.9. The second kappa shape index (κ2) is 25.1. The molecule has 364 valence electrons. The van der Waals surface area contributed by atoms with Crippen molar-refractivity contribution in [2.75, 3.05) is 25.5 Å². The lowest BCUT2D eigenvalue weighted by Crippen LogP contribution is -2.67. The first-order valence-corrected chi connectivity index (χ1v) is 25.9. The number of aliphatic imine (C=N–C) groups is 1. The van der Waals surface area contributed by atoms with Crippen molar-refractivity contribution < 1.29 is 47.4 Å². The summed E-state index contributed by atoms with van der Waals surface area (Å²) >= 11 is 3.28. The second-order valence-corrected chi connectivity index (χ2v) is 20.0. The predicted molar refractivity (Wildman–Crippen MR) is 271 cm³/mol. The average molecular weight is 982 g/mol. The van der Waals surface area contributed by atoms with Gasteiger partial charge in [0.15, 0.2) is 12.6 Å². The lowest BCUT2D eigenvalue weighted by atomic mass is 9.95. The number of ether oxygens (including phenoxy) is 10. The number of hydrogen-bond acceptors (Lipinski definition) is 13. The van der Waals surface area contributed by atoms with Crippen LogP contribution in [0.1, 0.15) is 39.7 Å². The van der Waals surface area contributed by atoms with Crippen LogP contribution in [0, 0.1) is 0 Å². The van der Waals surface area contributed by atoms with E-state index in [2.05, 4.69) is 36.4 Å². The molecule has 6 aromatic rings. The van der Waals surface area contributed by atoms with E-state index in [0.717, 1.165) is 50.1 Å². The van der Waals surface area contributed by atoms with Crippen LogP contribution in [-0.4, -0.2) is 90.4 Å². The Morgan fingerprint density at radius 3 is 1.51 bits per heavy atom. The number of hydrogen-bond donors (Lipinski definition) is 0. The molecule has 0 aliphatic carbocycles. The van der Waals surface area contributed by atoms with Gasteiger partial charge in [-0.2, -0.15) is 0 Å². The van der Waals surface area contributed by atoms with Crippen LogP contribution in [0.3, 0.4) is 0 Å². The molecule has 0 N–H and O–H groups in total. The van der Waals surface area contributed by atoms with E-state index in [0.29, 0.717) is 19.8 Å². The Hall–Kier alpha value is -4.71. The molecule has 0 radical (unpaired) electrons. The van der Waals surface area contributed by atoms with Crippen molar-refractivity contribution in [2.45, 2.75) is 99.9 Å². The molecule has 4 aliphatic heterocycles. The Bertz CT molecular complexity index is 2480. The van der Waals surface area contributed by atoms with Gasteiger partial charge in [-0.05, 0) is 27.8 Å². The Labute approximate surface area is 419 Å². The van der Waals surface area contributed by atoms with Gasteiger partial charge in [-0.15, -0.1) is 0 Å². The van der Waals surface area contributed by atoms with Gasteiger partial charge in [0.2, 0.25) is 0 Å². The Balaban J connectivity index is 1.04. The highest BCUT2D eigenvalue weighted by molar-refractivity contribution is 8.39. The zero-order chi connectivity index (χ0) is 47.2. The summed E-state index contributed by atoms with van der Waals surface area (Å²) in [4.78, 5) is 4.82. The van der Waals surface area contributed by atoms with E-state index in [4.69, 9.17) is 52.4 Å². The first-order chi connectivity index (χ1) is 34.7. The van der Waals surface area contributed by atoms with Crippen molar-refractivity contribution in [3.05, 3.63) is 215 Å². The fraction of sp³-hybridized carbons (Fsp3) is 0.351. The monoisotopic (exact) mass is 981 g/mol. The molecule has 4 heterocycles. The largest absolute Gasteiger partial charge is 0.374 e. The number of thioether (sulfide) groups is 2. The summed E-state index contributed by atoms with van der Waals surface area (Å²) < 4.78 is 71.0. The SMILES string of the molecule is c1ccc(COC[C@H]2O[C@H](O[C@H]3[C@H]4O[C@@H](c5ccccc5)OC[C@H]4O[C@@H](SC4=NCCS4)[C@@H]3OCc3ccccc3)[C@H](OCc3ccccc3)[C@@H](OCc3ccccc3)[C@H]2OCc2ccccc2)cc1. The maximum Gasteiger partial charge on any atom is 0.187 e. The van der Waals surface area contributed by atoms with Crippen molar-refractivity contribution in [1.29, 1.82) is 0 Å². The standard InChI is InChI=1S/C57H59NO10S2/c1-7-19-40(20-8-1)33-59-38-46-48(60-34-41-21-9-2-10-22-41)50(61-35-42-23-11-3-12-24-42)52(62-36-43-25-13-4-14-26-43)55(65-46)68-51-49-47(39-64-54(67-49)45-29-17-6-18-30-45)66-56(70-57-58-31-32-69-57)53(51)63-37-44-27-15-5-16-28-44/h1-30,46-56H,31-39H2/t46-,47-,48+,49+,50+,51+,52-,53-,54+,55-,56+/m1/s1. The Kier molecular flexibility index (Phi) is 17.5. The molecule has 0 saturated carbocycles. The van der Waals surface area contributed by atoms with Crippen molar-refractivity contribution in [2.24, 2.45) is 4.99 Å². The van der Waals surface area contributed by atoms with Gasteiger partial charge in [0, 0.05) is 11.3 Å². The highest BCUT2D eigenvalue weighted by Crippen LogP contribution is 2.43. The maximum absolute atomic E-state index is 7.59. The molecule has 3 saturated heterocycles. The van der Waals surface area contributed by atoms with Crippen LogP contribution < -0.4 is 0 Å². The van der Waals surface area contributed by atoms with Crippen LogP contribution in [0.4, 0.5) is 0 Å². The van der Waals surface area contributed by atoms with E-state index in [1.807, 2.05) is 146 Å². The molecule has 0 unspecified atom stereocenters. The summed E-state index contributed by atoms with van der Waals surface area (Å²) in [5.41, 5.74) is 5.40. The minimum atomic E-state index is -1.04. The van der Waals surface area contributed by atoms with Gasteiger partial charge >= 0.3 is 0 Å². The molecule has 4 aliphatic rings. The number of nitrogens with zero attached hydrogens (tertiary/aromatic N) is 1. The van der Waals surface area contributed by atoms with Crippen molar-refractivity contribution >= 4 is 27.9 Å². The van der Waals surface area contributed by atoms with Crippen LogP contribution in [-0.2, 0) is 80.4 Å². The molecular weight excluding hydrogens is 923 g/mol.